The maximum Gasteiger partial charge on any atom is 0.112 e. The van der Waals surface area contributed by atoms with Crippen LogP contribution in [0, 0.1) is 0 Å². The Balaban J connectivity index is 2.30. The number of rotatable bonds is 3. The number of allylic oxidation sites excluding steroid dienone is 2. The first-order valence-electron chi connectivity index (χ1n) is 4.50. The Hall–Kier alpha value is -0.980. The fourth-order valence-corrected chi connectivity index (χ4v) is 1.21. The lowest BCUT2D eigenvalue weighted by Gasteiger charge is -2.19. The molecule has 1 nitrogen and oxygen atoms in total. The van der Waals surface area contributed by atoms with E-state index in [1.165, 1.54) is 0 Å². The molecule has 0 fully saturated rings. The molecule has 1 atom stereocenters. The highest BCUT2D eigenvalue weighted by Gasteiger charge is 2.09. The third-order valence-electron chi connectivity index (χ3n) is 1.82. The second-order valence-corrected chi connectivity index (χ2v) is 2.96. The second-order valence-electron chi connectivity index (χ2n) is 2.96. The number of hydrogen-bond donors (Lipinski definition) is 0. The van der Waals surface area contributed by atoms with Crippen molar-refractivity contribution in [2.24, 2.45) is 0 Å². The van der Waals surface area contributed by atoms with E-state index in [-0.39, 0.29) is 0 Å². The predicted octanol–water partition coefficient (Wildman–Crippen LogP) is 3.20. The molecule has 0 spiro atoms. The van der Waals surface area contributed by atoms with Crippen LogP contribution in [0.2, 0.25) is 0 Å². The van der Waals surface area contributed by atoms with Gasteiger partial charge in [-0.1, -0.05) is 31.7 Å². The maximum atomic E-state index is 5.50. The Morgan fingerprint density at radius 1 is 1.67 bits per heavy atom. The monoisotopic (exact) mass is 164 g/mol. The third-order valence-corrected chi connectivity index (χ3v) is 1.82. The van der Waals surface area contributed by atoms with E-state index in [9.17, 15) is 0 Å². The summed E-state index contributed by atoms with van der Waals surface area (Å²) < 4.78 is 5.50. The van der Waals surface area contributed by atoms with Gasteiger partial charge in [-0.05, 0) is 12.5 Å². The molecule has 1 unspecified atom stereocenters. The fourth-order valence-electron chi connectivity index (χ4n) is 1.21. The van der Waals surface area contributed by atoms with Crippen molar-refractivity contribution in [2.45, 2.75) is 32.3 Å². The van der Waals surface area contributed by atoms with E-state index in [0.717, 1.165) is 25.0 Å². The first-order chi connectivity index (χ1) is 5.83. The van der Waals surface area contributed by atoms with Gasteiger partial charge in [0.2, 0.25) is 0 Å². The van der Waals surface area contributed by atoms with Crippen molar-refractivity contribution in [2.75, 3.05) is 0 Å². The third kappa shape index (κ3) is 2.95. The van der Waals surface area contributed by atoms with Crippen molar-refractivity contribution in [3.05, 3.63) is 36.6 Å². The summed E-state index contributed by atoms with van der Waals surface area (Å²) in [4.78, 5) is 0. The first kappa shape index (κ1) is 9.11. The van der Waals surface area contributed by atoms with E-state index in [2.05, 4.69) is 31.7 Å². The van der Waals surface area contributed by atoms with Crippen LogP contribution in [0.1, 0.15) is 26.2 Å². The van der Waals surface area contributed by atoms with Crippen LogP contribution in [0.25, 0.3) is 0 Å². The van der Waals surface area contributed by atoms with Crippen molar-refractivity contribution in [1.82, 2.24) is 0 Å². The normalized spacial score (nSPS) is 23.1. The van der Waals surface area contributed by atoms with Gasteiger partial charge in [-0.3, -0.25) is 0 Å². The zero-order valence-corrected chi connectivity index (χ0v) is 7.62. The van der Waals surface area contributed by atoms with Crippen LogP contribution < -0.4 is 0 Å². The molecule has 1 aliphatic rings. The predicted molar refractivity (Wildman–Crippen MR) is 51.8 cm³/mol. The molecular formula is C11H16O. The maximum absolute atomic E-state index is 5.50. The van der Waals surface area contributed by atoms with E-state index in [1.54, 1.807) is 0 Å². The summed E-state index contributed by atoms with van der Waals surface area (Å²) in [5, 5.41) is 0. The minimum atomic E-state index is 0.310. The van der Waals surface area contributed by atoms with Gasteiger partial charge in [0.15, 0.2) is 0 Å². The molecule has 0 aromatic rings. The van der Waals surface area contributed by atoms with Gasteiger partial charge < -0.3 is 4.74 Å². The van der Waals surface area contributed by atoms with Crippen LogP contribution in [-0.4, -0.2) is 6.10 Å². The molecule has 0 amide bonds. The molecule has 0 radical (unpaired) electrons. The smallest absolute Gasteiger partial charge is 0.112 e. The molecule has 0 aliphatic carbocycles. The topological polar surface area (TPSA) is 9.23 Å². The number of ether oxygens (including phenoxy) is 1. The van der Waals surface area contributed by atoms with Crippen LogP contribution in [0.4, 0.5) is 0 Å². The van der Waals surface area contributed by atoms with Crippen LogP contribution in [-0.2, 0) is 4.74 Å². The Kier molecular flexibility index (Phi) is 3.65. The molecule has 0 bridgehead atoms. The summed E-state index contributed by atoms with van der Waals surface area (Å²) in [7, 11) is 0. The average molecular weight is 164 g/mol. The average Bonchev–Trinajstić information content (AvgIpc) is 2.05. The minimum absolute atomic E-state index is 0.310. The summed E-state index contributed by atoms with van der Waals surface area (Å²) in [6.07, 6.45) is 11.8. The van der Waals surface area contributed by atoms with Gasteiger partial charge in [-0.15, -0.1) is 0 Å². The van der Waals surface area contributed by atoms with Crippen LogP contribution >= 0.6 is 0 Å². The van der Waals surface area contributed by atoms with Gasteiger partial charge in [-0.25, -0.2) is 0 Å². The first-order valence-corrected chi connectivity index (χ1v) is 4.50. The molecule has 0 aromatic carbocycles. The highest BCUT2D eigenvalue weighted by molar-refractivity contribution is 5.11. The SMILES string of the molecule is C=C1C=CCC(C/C=C\CC)O1. The molecule has 1 aliphatic heterocycles. The summed E-state index contributed by atoms with van der Waals surface area (Å²) in [6.45, 7) is 5.90. The summed E-state index contributed by atoms with van der Waals surface area (Å²) >= 11 is 0. The van der Waals surface area contributed by atoms with Gasteiger partial charge in [0, 0.05) is 12.8 Å². The molecule has 1 heterocycles. The number of hydrogen-bond acceptors (Lipinski definition) is 1. The molecule has 12 heavy (non-hydrogen) atoms. The van der Waals surface area contributed by atoms with Crippen molar-refractivity contribution >= 4 is 0 Å². The molecule has 66 valence electrons. The van der Waals surface area contributed by atoms with Gasteiger partial charge in [0.25, 0.3) is 0 Å². The van der Waals surface area contributed by atoms with E-state index >= 15 is 0 Å². The summed E-state index contributed by atoms with van der Waals surface area (Å²) in [5.41, 5.74) is 0. The van der Waals surface area contributed by atoms with E-state index in [4.69, 9.17) is 4.74 Å². The minimum Gasteiger partial charge on any atom is -0.490 e. The Labute approximate surface area is 74.4 Å². The lowest BCUT2D eigenvalue weighted by Crippen LogP contribution is -2.12. The van der Waals surface area contributed by atoms with Gasteiger partial charge in [0.05, 0.1) is 0 Å². The van der Waals surface area contributed by atoms with E-state index in [0.29, 0.717) is 6.10 Å². The largest absolute Gasteiger partial charge is 0.490 e. The molecule has 0 saturated carbocycles. The Bertz CT molecular complexity index is 201. The zero-order chi connectivity index (χ0) is 8.81. The Morgan fingerprint density at radius 3 is 3.17 bits per heavy atom. The van der Waals surface area contributed by atoms with Crippen LogP contribution in [0.5, 0.6) is 0 Å². The summed E-state index contributed by atoms with van der Waals surface area (Å²) in [6, 6.07) is 0. The molecule has 0 saturated heterocycles. The van der Waals surface area contributed by atoms with Gasteiger partial charge in [-0.2, -0.15) is 0 Å². The van der Waals surface area contributed by atoms with Crippen LogP contribution in [0.3, 0.4) is 0 Å². The van der Waals surface area contributed by atoms with Crippen molar-refractivity contribution < 1.29 is 4.74 Å². The molecule has 0 aromatic heterocycles. The lowest BCUT2D eigenvalue weighted by molar-refractivity contribution is 0.123. The lowest BCUT2D eigenvalue weighted by atomic mass is 10.1. The fraction of sp³-hybridized carbons (Fsp3) is 0.455. The molecular weight excluding hydrogens is 148 g/mol. The van der Waals surface area contributed by atoms with Crippen molar-refractivity contribution in [3.63, 3.8) is 0 Å². The van der Waals surface area contributed by atoms with Gasteiger partial charge in [0.1, 0.15) is 11.9 Å². The molecule has 1 rings (SSSR count). The Morgan fingerprint density at radius 2 is 2.50 bits per heavy atom. The molecule has 0 N–H and O–H groups in total. The van der Waals surface area contributed by atoms with E-state index < -0.39 is 0 Å². The van der Waals surface area contributed by atoms with E-state index in [1.807, 2.05) is 6.08 Å². The zero-order valence-electron chi connectivity index (χ0n) is 7.62. The van der Waals surface area contributed by atoms with Crippen molar-refractivity contribution in [1.29, 1.82) is 0 Å². The highest BCUT2D eigenvalue weighted by Crippen LogP contribution is 2.16. The highest BCUT2D eigenvalue weighted by atomic mass is 16.5. The second kappa shape index (κ2) is 4.81. The van der Waals surface area contributed by atoms with Crippen molar-refractivity contribution in [3.8, 4) is 0 Å². The van der Waals surface area contributed by atoms with Crippen LogP contribution in [0.15, 0.2) is 36.6 Å². The quantitative estimate of drug-likeness (QED) is 0.582. The van der Waals surface area contributed by atoms with Gasteiger partial charge >= 0.3 is 0 Å². The standard InChI is InChI=1S/C11H16O/c1-3-4-5-8-11-9-6-7-10(2)12-11/h4-7,11H,2-3,8-9H2,1H3/b5-4-. The molecule has 1 heteroatoms. The summed E-state index contributed by atoms with van der Waals surface area (Å²) in [5.74, 6) is 0.788.